The van der Waals surface area contributed by atoms with Gasteiger partial charge in [-0.2, -0.15) is 0 Å². The van der Waals surface area contributed by atoms with Crippen LogP contribution in [0.15, 0.2) is 53.6 Å². The second-order valence-electron chi connectivity index (χ2n) is 6.67. The minimum absolute atomic E-state index is 0.0524. The van der Waals surface area contributed by atoms with Gasteiger partial charge in [0.05, 0.1) is 10.9 Å². The zero-order valence-corrected chi connectivity index (χ0v) is 15.6. The number of rotatable bonds is 6. The molecule has 25 heavy (non-hydrogen) atoms. The molecule has 0 saturated carbocycles. The summed E-state index contributed by atoms with van der Waals surface area (Å²) in [6.45, 7) is 2.42. The molecule has 1 atom stereocenters. The molecule has 136 valence electrons. The van der Waals surface area contributed by atoms with Gasteiger partial charge in [0.15, 0.2) is 0 Å². The summed E-state index contributed by atoms with van der Waals surface area (Å²) in [4.78, 5) is 2.74. The molecule has 1 aliphatic heterocycles. The molecule has 1 aromatic carbocycles. The summed E-state index contributed by atoms with van der Waals surface area (Å²) in [7, 11) is -1.47. The van der Waals surface area contributed by atoms with Gasteiger partial charge in [-0.25, -0.2) is 13.1 Å². The van der Waals surface area contributed by atoms with Gasteiger partial charge < -0.3 is 4.57 Å². The van der Waals surface area contributed by atoms with E-state index >= 15 is 0 Å². The SMILES string of the molecule is Cn1cccc1C(CNS(=O)(=O)c1ccccc1)N1CCCCCC1. The molecule has 0 bridgehead atoms. The molecule has 5 nitrogen and oxygen atoms in total. The van der Waals surface area contributed by atoms with Crippen LogP contribution in [0.4, 0.5) is 0 Å². The van der Waals surface area contributed by atoms with E-state index in [1.165, 1.54) is 25.7 Å². The fraction of sp³-hybridized carbons (Fsp3) is 0.474. The van der Waals surface area contributed by atoms with Crippen molar-refractivity contribution in [3.8, 4) is 0 Å². The number of sulfonamides is 1. The van der Waals surface area contributed by atoms with Crippen LogP contribution in [-0.2, 0) is 17.1 Å². The Hall–Kier alpha value is -1.63. The van der Waals surface area contributed by atoms with Crippen molar-refractivity contribution >= 4 is 10.0 Å². The van der Waals surface area contributed by atoms with E-state index in [-0.39, 0.29) is 6.04 Å². The molecule has 3 rings (SSSR count). The Labute approximate surface area is 150 Å². The quantitative estimate of drug-likeness (QED) is 0.861. The highest BCUT2D eigenvalue weighted by molar-refractivity contribution is 7.89. The molecular formula is C19H27N3O2S. The summed E-state index contributed by atoms with van der Waals surface area (Å²) in [6, 6.07) is 12.7. The third-order valence-electron chi connectivity index (χ3n) is 4.93. The minimum atomic E-state index is -3.49. The predicted molar refractivity (Wildman–Crippen MR) is 99.8 cm³/mol. The van der Waals surface area contributed by atoms with E-state index in [0.717, 1.165) is 18.8 Å². The van der Waals surface area contributed by atoms with Gasteiger partial charge in [0, 0.05) is 25.5 Å². The standard InChI is InChI=1S/C19H27N3O2S/c1-21-13-9-12-18(21)19(22-14-7-2-3-8-15-22)16-20-25(23,24)17-10-5-4-6-11-17/h4-6,9-13,19-20H,2-3,7-8,14-16H2,1H3. The molecule has 1 fully saturated rings. The zero-order chi connectivity index (χ0) is 17.7. The molecule has 6 heteroatoms. The first kappa shape index (κ1) is 18.2. The minimum Gasteiger partial charge on any atom is -0.353 e. The molecule has 0 spiro atoms. The van der Waals surface area contributed by atoms with E-state index in [1.54, 1.807) is 24.3 Å². The summed E-state index contributed by atoms with van der Waals surface area (Å²) < 4.78 is 30.1. The van der Waals surface area contributed by atoms with Crippen molar-refractivity contribution in [3.05, 3.63) is 54.4 Å². The Morgan fingerprint density at radius 3 is 2.28 bits per heavy atom. The molecule has 1 aliphatic rings. The van der Waals surface area contributed by atoms with Crippen molar-refractivity contribution < 1.29 is 8.42 Å². The van der Waals surface area contributed by atoms with Gasteiger partial charge in [-0.1, -0.05) is 31.0 Å². The second-order valence-corrected chi connectivity index (χ2v) is 8.44. The summed E-state index contributed by atoms with van der Waals surface area (Å²) in [5, 5.41) is 0. The Morgan fingerprint density at radius 1 is 1.00 bits per heavy atom. The van der Waals surface area contributed by atoms with E-state index in [2.05, 4.69) is 20.3 Å². The number of aromatic nitrogens is 1. The van der Waals surface area contributed by atoms with Gasteiger partial charge in [0.25, 0.3) is 0 Å². The van der Waals surface area contributed by atoms with Crippen molar-refractivity contribution in [1.29, 1.82) is 0 Å². The van der Waals surface area contributed by atoms with Crippen molar-refractivity contribution in [2.24, 2.45) is 7.05 Å². The van der Waals surface area contributed by atoms with Gasteiger partial charge in [0.1, 0.15) is 0 Å². The molecule has 0 radical (unpaired) electrons. The van der Waals surface area contributed by atoms with Crippen LogP contribution in [0.2, 0.25) is 0 Å². The van der Waals surface area contributed by atoms with Gasteiger partial charge >= 0.3 is 0 Å². The second kappa shape index (κ2) is 8.17. The number of nitrogens with zero attached hydrogens (tertiary/aromatic N) is 2. The highest BCUT2D eigenvalue weighted by Gasteiger charge is 2.25. The monoisotopic (exact) mass is 361 g/mol. The Bertz CT molecular complexity index is 763. The van der Waals surface area contributed by atoms with Crippen LogP contribution in [-0.4, -0.2) is 37.5 Å². The highest BCUT2D eigenvalue weighted by Crippen LogP contribution is 2.24. The number of benzene rings is 1. The lowest BCUT2D eigenvalue weighted by Crippen LogP contribution is -2.39. The Morgan fingerprint density at radius 2 is 1.68 bits per heavy atom. The number of nitrogens with one attached hydrogen (secondary N) is 1. The van der Waals surface area contributed by atoms with Gasteiger partial charge in [-0.05, 0) is 50.2 Å². The molecule has 1 saturated heterocycles. The fourth-order valence-corrected chi connectivity index (χ4v) is 4.58. The van der Waals surface area contributed by atoms with Crippen molar-refractivity contribution in [1.82, 2.24) is 14.2 Å². The van der Waals surface area contributed by atoms with Crippen LogP contribution in [0.1, 0.15) is 37.4 Å². The maximum atomic E-state index is 12.6. The molecule has 2 aromatic rings. The first-order valence-corrected chi connectivity index (χ1v) is 10.5. The number of hydrogen-bond acceptors (Lipinski definition) is 3. The predicted octanol–water partition coefficient (Wildman–Crippen LogP) is 2.92. The molecule has 1 unspecified atom stereocenters. The molecule has 1 N–H and O–H groups in total. The van der Waals surface area contributed by atoms with E-state index in [1.807, 2.05) is 25.4 Å². The van der Waals surface area contributed by atoms with Crippen LogP contribution in [0.3, 0.4) is 0 Å². The Balaban J connectivity index is 1.79. The molecular weight excluding hydrogens is 334 g/mol. The maximum Gasteiger partial charge on any atom is 0.240 e. The molecule has 0 aliphatic carbocycles. The van der Waals surface area contributed by atoms with Crippen LogP contribution < -0.4 is 4.72 Å². The smallest absolute Gasteiger partial charge is 0.240 e. The summed E-state index contributed by atoms with van der Waals surface area (Å²) in [5.74, 6) is 0. The van der Waals surface area contributed by atoms with Crippen molar-refractivity contribution in [2.45, 2.75) is 36.6 Å². The summed E-state index contributed by atoms with van der Waals surface area (Å²) in [5.41, 5.74) is 1.15. The summed E-state index contributed by atoms with van der Waals surface area (Å²) >= 11 is 0. The number of likely N-dealkylation sites (tertiary alicyclic amines) is 1. The van der Waals surface area contributed by atoms with E-state index < -0.39 is 10.0 Å². The zero-order valence-electron chi connectivity index (χ0n) is 14.8. The third kappa shape index (κ3) is 4.51. The molecule has 2 heterocycles. The van der Waals surface area contributed by atoms with E-state index in [9.17, 15) is 8.42 Å². The van der Waals surface area contributed by atoms with Crippen LogP contribution in [0.5, 0.6) is 0 Å². The normalized spacial score (nSPS) is 18.0. The maximum absolute atomic E-state index is 12.6. The highest BCUT2D eigenvalue weighted by atomic mass is 32.2. The third-order valence-corrected chi connectivity index (χ3v) is 6.37. The Kier molecular flexibility index (Phi) is 5.93. The largest absolute Gasteiger partial charge is 0.353 e. The average molecular weight is 362 g/mol. The van der Waals surface area contributed by atoms with E-state index in [0.29, 0.717) is 11.4 Å². The molecule has 0 amide bonds. The number of hydrogen-bond donors (Lipinski definition) is 1. The molecule has 1 aromatic heterocycles. The first-order chi connectivity index (χ1) is 12.1. The first-order valence-electron chi connectivity index (χ1n) is 8.98. The summed E-state index contributed by atoms with van der Waals surface area (Å²) in [6.07, 6.45) is 6.88. The number of aryl methyl sites for hydroxylation is 1. The van der Waals surface area contributed by atoms with Crippen molar-refractivity contribution in [3.63, 3.8) is 0 Å². The van der Waals surface area contributed by atoms with Gasteiger partial charge in [-0.15, -0.1) is 0 Å². The average Bonchev–Trinajstić information content (AvgIpc) is 2.86. The van der Waals surface area contributed by atoms with Gasteiger partial charge in [0.2, 0.25) is 10.0 Å². The van der Waals surface area contributed by atoms with Crippen LogP contribution >= 0.6 is 0 Å². The van der Waals surface area contributed by atoms with E-state index in [4.69, 9.17) is 0 Å². The van der Waals surface area contributed by atoms with Crippen LogP contribution in [0.25, 0.3) is 0 Å². The van der Waals surface area contributed by atoms with Crippen LogP contribution in [0, 0.1) is 0 Å². The lowest BCUT2D eigenvalue weighted by Gasteiger charge is -2.31. The lowest BCUT2D eigenvalue weighted by molar-refractivity contribution is 0.199. The van der Waals surface area contributed by atoms with Gasteiger partial charge in [-0.3, -0.25) is 4.90 Å². The topological polar surface area (TPSA) is 54.3 Å². The lowest BCUT2D eigenvalue weighted by atomic mass is 10.1. The fourth-order valence-electron chi connectivity index (χ4n) is 3.52. The van der Waals surface area contributed by atoms with Crippen molar-refractivity contribution in [2.75, 3.05) is 19.6 Å².